The fourth-order valence-electron chi connectivity index (χ4n) is 2.90. The fraction of sp³-hybridized carbons (Fsp3) is 0.625. The molecular formula is C16H25NO. The average molecular weight is 247 g/mol. The molecule has 1 aromatic rings. The lowest BCUT2D eigenvalue weighted by atomic mass is 9.82. The number of hydrogen-bond donors (Lipinski definition) is 2. The van der Waals surface area contributed by atoms with E-state index in [1.54, 1.807) is 0 Å². The number of nitrogens with one attached hydrogen (secondary N) is 1. The molecule has 1 aromatic carbocycles. The molecule has 2 heteroatoms. The summed E-state index contributed by atoms with van der Waals surface area (Å²) in [5, 5.41) is 14.0. The summed E-state index contributed by atoms with van der Waals surface area (Å²) < 4.78 is 0. The van der Waals surface area contributed by atoms with Crippen LogP contribution in [0.1, 0.15) is 40.7 Å². The maximum atomic E-state index is 10.7. The van der Waals surface area contributed by atoms with Crippen molar-refractivity contribution >= 4 is 0 Å². The molecule has 100 valence electrons. The second-order valence-electron chi connectivity index (χ2n) is 5.88. The van der Waals surface area contributed by atoms with E-state index in [0.29, 0.717) is 0 Å². The minimum Gasteiger partial charge on any atom is -0.389 e. The van der Waals surface area contributed by atoms with Crippen LogP contribution in [0.4, 0.5) is 0 Å². The predicted octanol–water partition coefficient (Wildman–Crippen LogP) is 2.58. The highest BCUT2D eigenvalue weighted by atomic mass is 16.3. The molecule has 0 bridgehead atoms. The predicted molar refractivity (Wildman–Crippen MR) is 76.1 cm³/mol. The third kappa shape index (κ3) is 2.60. The Morgan fingerprint density at radius 3 is 2.28 bits per heavy atom. The highest BCUT2D eigenvalue weighted by Crippen LogP contribution is 2.28. The largest absolute Gasteiger partial charge is 0.389 e. The van der Waals surface area contributed by atoms with Crippen LogP contribution >= 0.6 is 0 Å². The lowest BCUT2D eigenvalue weighted by Gasteiger charge is -2.33. The summed E-state index contributed by atoms with van der Waals surface area (Å²) in [7, 11) is 0. The SMILES string of the molecule is Cc1cc(CC2(O)CCNCC2)c(C)c(C)c1C. The number of hydrogen-bond acceptors (Lipinski definition) is 2. The van der Waals surface area contributed by atoms with Crippen molar-refractivity contribution in [1.82, 2.24) is 5.32 Å². The summed E-state index contributed by atoms with van der Waals surface area (Å²) in [5.41, 5.74) is 6.26. The molecule has 1 fully saturated rings. The molecule has 0 amide bonds. The third-order valence-corrected chi connectivity index (χ3v) is 4.64. The summed E-state index contributed by atoms with van der Waals surface area (Å²) in [6, 6.07) is 2.26. The van der Waals surface area contributed by atoms with E-state index in [-0.39, 0.29) is 0 Å². The second-order valence-corrected chi connectivity index (χ2v) is 5.88. The lowest BCUT2D eigenvalue weighted by Crippen LogP contribution is -2.43. The summed E-state index contributed by atoms with van der Waals surface area (Å²) in [6.07, 6.45) is 2.51. The molecule has 2 nitrogen and oxygen atoms in total. The van der Waals surface area contributed by atoms with Crippen LogP contribution in [0.15, 0.2) is 6.07 Å². The van der Waals surface area contributed by atoms with Gasteiger partial charge >= 0.3 is 0 Å². The first-order chi connectivity index (χ1) is 8.43. The van der Waals surface area contributed by atoms with Crippen LogP contribution in [0, 0.1) is 27.7 Å². The van der Waals surface area contributed by atoms with E-state index in [1.165, 1.54) is 27.8 Å². The van der Waals surface area contributed by atoms with Gasteiger partial charge in [-0.3, -0.25) is 0 Å². The zero-order chi connectivity index (χ0) is 13.3. The Morgan fingerprint density at radius 2 is 1.67 bits per heavy atom. The van der Waals surface area contributed by atoms with Gasteiger partial charge in [-0.15, -0.1) is 0 Å². The number of piperidine rings is 1. The standard InChI is InChI=1S/C16H25NO/c1-11-9-15(14(4)13(3)12(11)2)10-16(18)5-7-17-8-6-16/h9,17-18H,5-8,10H2,1-4H3. The Kier molecular flexibility index (Phi) is 3.79. The summed E-state index contributed by atoms with van der Waals surface area (Å²) in [5.74, 6) is 0. The number of aliphatic hydroxyl groups is 1. The van der Waals surface area contributed by atoms with Crippen molar-refractivity contribution in [1.29, 1.82) is 0 Å². The summed E-state index contributed by atoms with van der Waals surface area (Å²) in [6.45, 7) is 10.6. The Balaban J connectivity index is 2.29. The van der Waals surface area contributed by atoms with Gasteiger partial charge in [0.15, 0.2) is 0 Å². The first kappa shape index (κ1) is 13.6. The van der Waals surface area contributed by atoms with Crippen LogP contribution in [0.3, 0.4) is 0 Å². The molecule has 0 aromatic heterocycles. The molecule has 1 aliphatic rings. The van der Waals surface area contributed by atoms with Gasteiger partial charge in [-0.05, 0) is 81.4 Å². The van der Waals surface area contributed by atoms with Gasteiger partial charge in [0.2, 0.25) is 0 Å². The molecule has 1 saturated heterocycles. The molecule has 2 rings (SSSR count). The Bertz CT molecular complexity index is 445. The monoisotopic (exact) mass is 247 g/mol. The Morgan fingerprint density at radius 1 is 1.06 bits per heavy atom. The van der Waals surface area contributed by atoms with Crippen molar-refractivity contribution < 1.29 is 5.11 Å². The van der Waals surface area contributed by atoms with E-state index in [9.17, 15) is 5.11 Å². The van der Waals surface area contributed by atoms with Crippen LogP contribution < -0.4 is 5.32 Å². The zero-order valence-electron chi connectivity index (χ0n) is 12.1. The van der Waals surface area contributed by atoms with Crippen molar-refractivity contribution in [3.63, 3.8) is 0 Å². The van der Waals surface area contributed by atoms with Crippen molar-refractivity contribution in [3.8, 4) is 0 Å². The molecule has 0 radical (unpaired) electrons. The van der Waals surface area contributed by atoms with E-state index in [2.05, 4.69) is 39.1 Å². The molecule has 0 saturated carbocycles. The lowest BCUT2D eigenvalue weighted by molar-refractivity contribution is 0.0107. The molecule has 1 aliphatic heterocycles. The highest BCUT2D eigenvalue weighted by Gasteiger charge is 2.30. The normalized spacial score (nSPS) is 18.9. The minimum absolute atomic E-state index is 0.510. The van der Waals surface area contributed by atoms with E-state index in [4.69, 9.17) is 0 Å². The maximum Gasteiger partial charge on any atom is 0.0712 e. The van der Waals surface area contributed by atoms with E-state index < -0.39 is 5.60 Å². The fourth-order valence-corrected chi connectivity index (χ4v) is 2.90. The van der Waals surface area contributed by atoms with Gasteiger partial charge in [0.1, 0.15) is 0 Å². The molecule has 18 heavy (non-hydrogen) atoms. The van der Waals surface area contributed by atoms with Crippen LogP contribution in [0.25, 0.3) is 0 Å². The Labute approximate surface area is 110 Å². The quantitative estimate of drug-likeness (QED) is 0.842. The van der Waals surface area contributed by atoms with Gasteiger partial charge in [-0.1, -0.05) is 6.07 Å². The van der Waals surface area contributed by atoms with Crippen LogP contribution in [-0.4, -0.2) is 23.8 Å². The smallest absolute Gasteiger partial charge is 0.0712 e. The van der Waals surface area contributed by atoms with Crippen molar-refractivity contribution in [3.05, 3.63) is 33.9 Å². The minimum atomic E-state index is -0.510. The van der Waals surface area contributed by atoms with Crippen LogP contribution in [-0.2, 0) is 6.42 Å². The summed E-state index contributed by atoms with van der Waals surface area (Å²) >= 11 is 0. The number of benzene rings is 1. The average Bonchev–Trinajstić information content (AvgIpc) is 2.34. The second kappa shape index (κ2) is 5.02. The number of rotatable bonds is 2. The van der Waals surface area contributed by atoms with Gasteiger partial charge < -0.3 is 10.4 Å². The first-order valence-corrected chi connectivity index (χ1v) is 6.92. The van der Waals surface area contributed by atoms with Crippen molar-refractivity contribution in [2.24, 2.45) is 0 Å². The van der Waals surface area contributed by atoms with Crippen LogP contribution in [0.2, 0.25) is 0 Å². The maximum absolute atomic E-state index is 10.7. The van der Waals surface area contributed by atoms with Gasteiger partial charge in [-0.25, -0.2) is 0 Å². The Hall–Kier alpha value is -0.860. The molecule has 2 N–H and O–H groups in total. The first-order valence-electron chi connectivity index (χ1n) is 6.92. The van der Waals surface area contributed by atoms with E-state index in [1.807, 2.05) is 0 Å². The summed E-state index contributed by atoms with van der Waals surface area (Å²) in [4.78, 5) is 0. The molecular weight excluding hydrogens is 222 g/mol. The topological polar surface area (TPSA) is 32.3 Å². The van der Waals surface area contributed by atoms with Crippen molar-refractivity contribution in [2.45, 2.75) is 52.6 Å². The molecule has 0 atom stereocenters. The molecule has 0 spiro atoms. The molecule has 0 aliphatic carbocycles. The van der Waals surface area contributed by atoms with Crippen LogP contribution in [0.5, 0.6) is 0 Å². The van der Waals surface area contributed by atoms with Crippen molar-refractivity contribution in [2.75, 3.05) is 13.1 Å². The highest BCUT2D eigenvalue weighted by molar-refractivity contribution is 5.44. The molecule has 1 heterocycles. The number of aryl methyl sites for hydroxylation is 1. The third-order valence-electron chi connectivity index (χ3n) is 4.64. The van der Waals surface area contributed by atoms with E-state index >= 15 is 0 Å². The van der Waals surface area contributed by atoms with E-state index in [0.717, 1.165) is 32.4 Å². The van der Waals surface area contributed by atoms with Gasteiger partial charge in [0, 0.05) is 6.42 Å². The zero-order valence-corrected chi connectivity index (χ0v) is 12.1. The van der Waals surface area contributed by atoms with Gasteiger partial charge in [0.05, 0.1) is 5.60 Å². The van der Waals surface area contributed by atoms with Gasteiger partial charge in [0.25, 0.3) is 0 Å². The molecule has 0 unspecified atom stereocenters. The van der Waals surface area contributed by atoms with Gasteiger partial charge in [-0.2, -0.15) is 0 Å².